The van der Waals surface area contributed by atoms with Crippen molar-refractivity contribution in [2.24, 2.45) is 0 Å². The first-order valence-corrected chi connectivity index (χ1v) is 15.1. The van der Waals surface area contributed by atoms with Crippen molar-refractivity contribution in [2.75, 3.05) is 0 Å². The Hall–Kier alpha value is -5.60. The Bertz CT molecular complexity index is 2160. The maximum absolute atomic E-state index is 4.52. The van der Waals surface area contributed by atoms with Gasteiger partial charge in [-0.15, -0.1) is 0 Å². The minimum absolute atomic E-state index is 1.02. The number of pyridine rings is 2. The number of fused-ring (bicyclic) bond motifs is 6. The van der Waals surface area contributed by atoms with Gasteiger partial charge in [-0.05, 0) is 116 Å². The molecule has 0 spiro atoms. The Morgan fingerprint density at radius 2 is 0.659 bits per heavy atom. The summed E-state index contributed by atoms with van der Waals surface area (Å²) in [4.78, 5) is 9.04. The summed E-state index contributed by atoms with van der Waals surface area (Å²) in [5.41, 5.74) is 11.4. The fourth-order valence-corrected chi connectivity index (χ4v) is 6.35. The van der Waals surface area contributed by atoms with E-state index in [2.05, 4.69) is 143 Å². The third-order valence-electron chi connectivity index (χ3n) is 8.72. The van der Waals surface area contributed by atoms with Gasteiger partial charge in [0.2, 0.25) is 0 Å². The van der Waals surface area contributed by atoms with Crippen LogP contribution in [0.2, 0.25) is 0 Å². The summed E-state index contributed by atoms with van der Waals surface area (Å²) in [6.07, 6.45) is 3.92. The van der Waals surface area contributed by atoms with Crippen LogP contribution < -0.4 is 0 Å². The van der Waals surface area contributed by atoms with Crippen molar-refractivity contribution in [3.8, 4) is 44.5 Å². The Labute approximate surface area is 257 Å². The summed E-state index contributed by atoms with van der Waals surface area (Å²) < 4.78 is 0. The maximum Gasteiger partial charge on any atom is 0.0373 e. The van der Waals surface area contributed by atoms with E-state index < -0.39 is 0 Å². The quantitative estimate of drug-likeness (QED) is 0.199. The molecule has 2 nitrogen and oxygen atoms in total. The predicted molar refractivity (Wildman–Crippen MR) is 186 cm³/mol. The first-order chi connectivity index (χ1) is 21.6. The van der Waals surface area contributed by atoms with Gasteiger partial charge in [-0.1, -0.05) is 97.1 Å². The molecule has 0 saturated carbocycles. The van der Waals surface area contributed by atoms with Gasteiger partial charge < -0.3 is 0 Å². The van der Waals surface area contributed by atoms with Crippen molar-refractivity contribution in [3.63, 3.8) is 0 Å². The molecule has 2 heterocycles. The van der Waals surface area contributed by atoms with Crippen LogP contribution in [-0.2, 0) is 0 Å². The number of rotatable bonds is 4. The lowest BCUT2D eigenvalue weighted by molar-refractivity contribution is 1.20. The summed E-state index contributed by atoms with van der Waals surface area (Å²) in [5, 5.41) is 7.63. The fraction of sp³-hybridized carbons (Fsp3) is 0.0476. The molecule has 0 unspecified atom stereocenters. The maximum atomic E-state index is 4.52. The molecule has 0 amide bonds. The van der Waals surface area contributed by atoms with Crippen LogP contribution in [0.25, 0.3) is 76.8 Å². The number of aryl methyl sites for hydroxylation is 2. The van der Waals surface area contributed by atoms with E-state index in [4.69, 9.17) is 0 Å². The van der Waals surface area contributed by atoms with E-state index >= 15 is 0 Å². The molecule has 0 radical (unpaired) electrons. The van der Waals surface area contributed by atoms with Gasteiger partial charge in [0, 0.05) is 34.9 Å². The molecule has 2 aromatic heterocycles. The first-order valence-electron chi connectivity index (χ1n) is 15.1. The highest BCUT2D eigenvalue weighted by Crippen LogP contribution is 2.39. The molecule has 0 N–H and O–H groups in total. The van der Waals surface area contributed by atoms with Crippen LogP contribution in [0.1, 0.15) is 11.4 Å². The normalized spacial score (nSPS) is 11.4. The van der Waals surface area contributed by atoms with E-state index in [1.165, 1.54) is 65.7 Å². The molecular weight excluding hydrogens is 532 g/mol. The molecule has 0 aliphatic rings. The van der Waals surface area contributed by atoms with E-state index in [-0.39, 0.29) is 0 Å². The summed E-state index contributed by atoms with van der Waals surface area (Å²) in [6.45, 7) is 4.04. The third kappa shape index (κ3) is 4.62. The van der Waals surface area contributed by atoms with E-state index in [0.717, 1.165) is 22.5 Å². The van der Waals surface area contributed by atoms with Gasteiger partial charge in [0.25, 0.3) is 0 Å². The summed E-state index contributed by atoms with van der Waals surface area (Å²) in [5.74, 6) is 0. The molecular formula is C42H30N2. The minimum atomic E-state index is 1.02. The molecule has 2 heteroatoms. The topological polar surface area (TPSA) is 25.8 Å². The molecule has 0 atom stereocenters. The average Bonchev–Trinajstić information content (AvgIpc) is 3.09. The molecule has 6 aromatic carbocycles. The van der Waals surface area contributed by atoms with Crippen LogP contribution in [0.4, 0.5) is 0 Å². The van der Waals surface area contributed by atoms with Gasteiger partial charge in [-0.25, -0.2) is 0 Å². The van der Waals surface area contributed by atoms with Crippen LogP contribution in [0, 0.1) is 13.8 Å². The Morgan fingerprint density at radius 1 is 0.295 bits per heavy atom. The molecule has 0 aliphatic carbocycles. The lowest BCUT2D eigenvalue weighted by Crippen LogP contribution is -1.88. The summed E-state index contributed by atoms with van der Waals surface area (Å²) in [6, 6.07) is 48.6. The zero-order valence-corrected chi connectivity index (χ0v) is 24.8. The van der Waals surface area contributed by atoms with Crippen molar-refractivity contribution in [1.82, 2.24) is 9.97 Å². The van der Waals surface area contributed by atoms with Crippen molar-refractivity contribution in [3.05, 3.63) is 157 Å². The monoisotopic (exact) mass is 562 g/mol. The van der Waals surface area contributed by atoms with Gasteiger partial charge in [0.15, 0.2) is 0 Å². The number of hydrogen-bond acceptors (Lipinski definition) is 2. The highest BCUT2D eigenvalue weighted by molar-refractivity contribution is 6.26. The van der Waals surface area contributed by atoms with E-state index in [1.54, 1.807) is 0 Å². The summed E-state index contributed by atoms with van der Waals surface area (Å²) in [7, 11) is 0. The van der Waals surface area contributed by atoms with Crippen molar-refractivity contribution in [1.29, 1.82) is 0 Å². The molecule has 0 bridgehead atoms. The van der Waals surface area contributed by atoms with E-state index in [1.807, 2.05) is 26.2 Å². The second-order valence-electron chi connectivity index (χ2n) is 11.6. The highest BCUT2D eigenvalue weighted by atomic mass is 14.7. The van der Waals surface area contributed by atoms with E-state index in [0.29, 0.717) is 0 Å². The Morgan fingerprint density at radius 3 is 1.07 bits per heavy atom. The predicted octanol–water partition coefficient (Wildman–Crippen LogP) is 11.2. The smallest absolute Gasteiger partial charge is 0.0373 e. The van der Waals surface area contributed by atoms with Crippen molar-refractivity contribution in [2.45, 2.75) is 13.8 Å². The zero-order chi connectivity index (χ0) is 29.6. The lowest BCUT2D eigenvalue weighted by Gasteiger charge is -2.14. The van der Waals surface area contributed by atoms with Crippen LogP contribution in [0.5, 0.6) is 0 Å². The van der Waals surface area contributed by atoms with Gasteiger partial charge in [0.1, 0.15) is 0 Å². The SMILES string of the molecule is Cc1ccc(-c2cccc(-c3ccc4c5ccccc5c5ccc(-c6cccc(-c7ccc(C)nc7)c6)cc5c4c3)c2)cn1. The van der Waals surface area contributed by atoms with Gasteiger partial charge >= 0.3 is 0 Å². The Balaban J connectivity index is 1.31. The Kier molecular flexibility index (Phi) is 6.27. The standard InChI is InChI=1S/C42H30N2/c1-27-13-15-35(25-43-27)31-9-5-7-29(21-31)33-17-19-39-37-11-3-4-12-38(37)40-20-18-34(24-42(40)41(39)23-33)30-8-6-10-32(22-30)36-16-14-28(2)44-26-36/h3-26H,1-2H3. The van der Waals surface area contributed by atoms with Crippen molar-refractivity contribution < 1.29 is 0 Å². The van der Waals surface area contributed by atoms with Gasteiger partial charge in [-0.3, -0.25) is 9.97 Å². The average molecular weight is 563 g/mol. The van der Waals surface area contributed by atoms with E-state index in [9.17, 15) is 0 Å². The van der Waals surface area contributed by atoms with Crippen LogP contribution in [0.3, 0.4) is 0 Å². The highest BCUT2D eigenvalue weighted by Gasteiger charge is 2.12. The number of aromatic nitrogens is 2. The number of hydrogen-bond donors (Lipinski definition) is 0. The zero-order valence-electron chi connectivity index (χ0n) is 24.8. The molecule has 8 rings (SSSR count). The third-order valence-corrected chi connectivity index (χ3v) is 8.72. The van der Waals surface area contributed by atoms with Gasteiger partial charge in [-0.2, -0.15) is 0 Å². The van der Waals surface area contributed by atoms with Crippen LogP contribution in [0.15, 0.2) is 146 Å². The largest absolute Gasteiger partial charge is 0.261 e. The second kappa shape index (κ2) is 10.6. The number of nitrogens with zero attached hydrogens (tertiary/aromatic N) is 2. The van der Waals surface area contributed by atoms with Crippen LogP contribution in [-0.4, -0.2) is 9.97 Å². The molecule has 0 aliphatic heterocycles. The van der Waals surface area contributed by atoms with Crippen molar-refractivity contribution >= 4 is 32.3 Å². The summed E-state index contributed by atoms with van der Waals surface area (Å²) >= 11 is 0. The molecule has 0 saturated heterocycles. The number of benzene rings is 6. The fourth-order valence-electron chi connectivity index (χ4n) is 6.35. The van der Waals surface area contributed by atoms with Crippen LogP contribution >= 0.6 is 0 Å². The molecule has 44 heavy (non-hydrogen) atoms. The lowest BCUT2D eigenvalue weighted by atomic mass is 9.89. The minimum Gasteiger partial charge on any atom is -0.261 e. The second-order valence-corrected chi connectivity index (χ2v) is 11.6. The molecule has 208 valence electrons. The van der Waals surface area contributed by atoms with Gasteiger partial charge in [0.05, 0.1) is 0 Å². The molecule has 0 fully saturated rings. The molecule has 8 aromatic rings. The first kappa shape index (κ1) is 26.1.